The van der Waals surface area contributed by atoms with Crippen molar-refractivity contribution in [1.29, 1.82) is 0 Å². The van der Waals surface area contributed by atoms with Gasteiger partial charge in [0, 0.05) is 13.5 Å². The molecular formula is C7H14O3Si. The third-order valence-electron chi connectivity index (χ3n) is 1.09. The Hall–Kier alpha value is -0.353. The van der Waals surface area contributed by atoms with Crippen molar-refractivity contribution in [2.45, 2.75) is 33.1 Å². The quantitative estimate of drug-likeness (QED) is 0.449. The first-order chi connectivity index (χ1) is 5.27. The number of unbranched alkanes of at least 4 members (excludes halogenated alkanes) is 2. The highest BCUT2D eigenvalue weighted by atomic mass is 28.3. The lowest BCUT2D eigenvalue weighted by Gasteiger charge is -1.99. The van der Waals surface area contributed by atoms with E-state index in [9.17, 15) is 4.79 Å². The van der Waals surface area contributed by atoms with Crippen LogP contribution in [0.4, 0.5) is 0 Å². The van der Waals surface area contributed by atoms with Crippen molar-refractivity contribution >= 4 is 16.0 Å². The van der Waals surface area contributed by atoms with E-state index in [1.54, 1.807) is 0 Å². The summed E-state index contributed by atoms with van der Waals surface area (Å²) in [5, 5.41) is 0. The zero-order valence-corrected chi connectivity index (χ0v) is 8.05. The highest BCUT2D eigenvalue weighted by Gasteiger charge is 1.96. The third kappa shape index (κ3) is 9.65. The SMILES string of the molecule is CCCCCO[Si]OC(C)=O. The molecule has 4 heteroatoms. The average Bonchev–Trinajstić information content (AvgIpc) is 1.96. The van der Waals surface area contributed by atoms with Crippen LogP contribution in [0.5, 0.6) is 0 Å². The summed E-state index contributed by atoms with van der Waals surface area (Å²) in [6.07, 6.45) is 3.40. The van der Waals surface area contributed by atoms with Crippen molar-refractivity contribution in [3.8, 4) is 0 Å². The molecule has 64 valence electrons. The van der Waals surface area contributed by atoms with Gasteiger partial charge in [-0.25, -0.2) is 0 Å². The summed E-state index contributed by atoms with van der Waals surface area (Å²) in [6, 6.07) is 0. The second kappa shape index (κ2) is 7.75. The maximum Gasteiger partial charge on any atom is 0.523 e. The van der Waals surface area contributed by atoms with Crippen LogP contribution >= 0.6 is 0 Å². The minimum absolute atomic E-state index is 0.126. The average molecular weight is 174 g/mol. The van der Waals surface area contributed by atoms with Gasteiger partial charge in [-0.15, -0.1) is 0 Å². The lowest BCUT2D eigenvalue weighted by atomic mass is 10.3. The molecule has 11 heavy (non-hydrogen) atoms. The smallest absolute Gasteiger partial charge is 0.491 e. The minimum atomic E-state index is -0.279. The molecule has 0 unspecified atom stereocenters. The molecule has 0 amide bonds. The Morgan fingerprint density at radius 2 is 2.18 bits per heavy atom. The van der Waals surface area contributed by atoms with Crippen LogP contribution in [0.25, 0.3) is 0 Å². The van der Waals surface area contributed by atoms with E-state index in [2.05, 4.69) is 11.3 Å². The first kappa shape index (κ1) is 10.6. The molecular weight excluding hydrogens is 160 g/mol. The number of carbonyl (C=O) groups excluding carboxylic acids is 1. The minimum Gasteiger partial charge on any atom is -0.491 e. The van der Waals surface area contributed by atoms with Crippen LogP contribution < -0.4 is 0 Å². The first-order valence-electron chi connectivity index (χ1n) is 3.81. The lowest BCUT2D eigenvalue weighted by molar-refractivity contribution is -0.132. The number of rotatable bonds is 6. The zero-order chi connectivity index (χ0) is 8.53. The van der Waals surface area contributed by atoms with Gasteiger partial charge in [0.2, 0.25) is 0 Å². The second-order valence-corrected chi connectivity index (χ2v) is 2.89. The molecule has 0 rings (SSSR count). The van der Waals surface area contributed by atoms with E-state index in [1.165, 1.54) is 19.8 Å². The van der Waals surface area contributed by atoms with E-state index in [0.29, 0.717) is 6.61 Å². The normalized spacial score (nSPS) is 9.64. The molecule has 0 heterocycles. The van der Waals surface area contributed by atoms with E-state index in [0.717, 1.165) is 6.42 Å². The fourth-order valence-electron chi connectivity index (χ4n) is 0.554. The van der Waals surface area contributed by atoms with Crippen LogP contribution in [-0.4, -0.2) is 22.6 Å². The molecule has 0 aliphatic rings. The molecule has 0 aromatic heterocycles. The summed E-state index contributed by atoms with van der Waals surface area (Å²) in [5.41, 5.74) is 0. The molecule has 0 bridgehead atoms. The van der Waals surface area contributed by atoms with E-state index in [4.69, 9.17) is 4.43 Å². The lowest BCUT2D eigenvalue weighted by Crippen LogP contribution is -2.09. The van der Waals surface area contributed by atoms with Crippen LogP contribution in [0.2, 0.25) is 0 Å². The van der Waals surface area contributed by atoms with E-state index in [1.807, 2.05) is 0 Å². The van der Waals surface area contributed by atoms with Crippen molar-refractivity contribution in [2.24, 2.45) is 0 Å². The molecule has 0 aromatic rings. The molecule has 0 aliphatic carbocycles. The maximum absolute atomic E-state index is 10.2. The van der Waals surface area contributed by atoms with Crippen LogP contribution in [0.1, 0.15) is 33.1 Å². The molecule has 2 radical (unpaired) electrons. The second-order valence-electron chi connectivity index (χ2n) is 2.23. The topological polar surface area (TPSA) is 35.5 Å². The highest BCUT2D eigenvalue weighted by Crippen LogP contribution is 1.93. The Bertz CT molecular complexity index is 106. The van der Waals surface area contributed by atoms with Gasteiger partial charge in [0.15, 0.2) is 0 Å². The summed E-state index contributed by atoms with van der Waals surface area (Å²) < 4.78 is 9.62. The number of hydrogen-bond donors (Lipinski definition) is 0. The van der Waals surface area contributed by atoms with Crippen LogP contribution in [0, 0.1) is 0 Å². The van der Waals surface area contributed by atoms with Gasteiger partial charge < -0.3 is 8.85 Å². The number of carbonyl (C=O) groups is 1. The van der Waals surface area contributed by atoms with E-state index in [-0.39, 0.29) is 16.0 Å². The highest BCUT2D eigenvalue weighted by molar-refractivity contribution is 6.22. The Morgan fingerprint density at radius 1 is 1.45 bits per heavy atom. The molecule has 0 aliphatic heterocycles. The Labute approximate surface area is 70.1 Å². The van der Waals surface area contributed by atoms with E-state index >= 15 is 0 Å². The molecule has 0 N–H and O–H groups in total. The summed E-state index contributed by atoms with van der Waals surface area (Å²) in [5.74, 6) is -0.279. The fourth-order valence-corrected chi connectivity index (χ4v) is 0.958. The van der Waals surface area contributed by atoms with Crippen LogP contribution in [-0.2, 0) is 13.6 Å². The molecule has 0 atom stereocenters. The maximum atomic E-state index is 10.2. The van der Waals surface area contributed by atoms with Crippen molar-refractivity contribution in [3.05, 3.63) is 0 Å². The molecule has 0 spiro atoms. The monoisotopic (exact) mass is 174 g/mol. The summed E-state index contributed by atoms with van der Waals surface area (Å²) >= 11 is 0. The Kier molecular flexibility index (Phi) is 7.50. The molecule has 3 nitrogen and oxygen atoms in total. The predicted molar refractivity (Wildman–Crippen MR) is 43.0 cm³/mol. The predicted octanol–water partition coefficient (Wildman–Crippen LogP) is 1.29. The van der Waals surface area contributed by atoms with Crippen molar-refractivity contribution in [1.82, 2.24) is 0 Å². The number of hydrogen-bond acceptors (Lipinski definition) is 3. The van der Waals surface area contributed by atoms with Crippen LogP contribution in [0.15, 0.2) is 0 Å². The Morgan fingerprint density at radius 3 is 2.73 bits per heavy atom. The Balaban J connectivity index is 2.85. The molecule has 0 saturated carbocycles. The van der Waals surface area contributed by atoms with Crippen molar-refractivity contribution in [2.75, 3.05) is 6.61 Å². The summed E-state index contributed by atoms with van der Waals surface area (Å²) in [6.45, 7) is 4.20. The van der Waals surface area contributed by atoms with Gasteiger partial charge in [-0.2, -0.15) is 0 Å². The van der Waals surface area contributed by atoms with Gasteiger partial charge >= 0.3 is 10.0 Å². The van der Waals surface area contributed by atoms with Gasteiger partial charge in [0.05, 0.1) is 0 Å². The largest absolute Gasteiger partial charge is 0.523 e. The molecule has 0 aromatic carbocycles. The summed E-state index contributed by atoms with van der Waals surface area (Å²) in [4.78, 5) is 10.2. The standard InChI is InChI=1S/C7H14O3Si/c1-3-4-5-6-9-11-10-7(2)8/h3-6H2,1-2H3. The van der Waals surface area contributed by atoms with Gasteiger partial charge in [-0.3, -0.25) is 4.79 Å². The van der Waals surface area contributed by atoms with Crippen LogP contribution in [0.3, 0.4) is 0 Å². The fraction of sp³-hybridized carbons (Fsp3) is 0.857. The zero-order valence-electron chi connectivity index (χ0n) is 7.05. The van der Waals surface area contributed by atoms with Gasteiger partial charge in [-0.1, -0.05) is 19.8 Å². The van der Waals surface area contributed by atoms with Gasteiger partial charge in [-0.05, 0) is 6.42 Å². The first-order valence-corrected chi connectivity index (χ1v) is 4.63. The van der Waals surface area contributed by atoms with Gasteiger partial charge in [0.25, 0.3) is 5.97 Å². The summed E-state index contributed by atoms with van der Waals surface area (Å²) in [7, 11) is -0.126. The van der Waals surface area contributed by atoms with Gasteiger partial charge in [0.1, 0.15) is 0 Å². The molecule has 0 fully saturated rings. The van der Waals surface area contributed by atoms with E-state index < -0.39 is 0 Å². The van der Waals surface area contributed by atoms with Crippen molar-refractivity contribution < 1.29 is 13.6 Å². The third-order valence-corrected chi connectivity index (χ3v) is 1.79. The van der Waals surface area contributed by atoms with Crippen molar-refractivity contribution in [3.63, 3.8) is 0 Å². The molecule has 0 saturated heterocycles.